The van der Waals surface area contributed by atoms with Gasteiger partial charge < -0.3 is 20.5 Å². The van der Waals surface area contributed by atoms with E-state index >= 15 is 0 Å². The molecule has 20 heavy (non-hydrogen) atoms. The van der Waals surface area contributed by atoms with Gasteiger partial charge in [-0.2, -0.15) is 0 Å². The maximum absolute atomic E-state index is 12.0. The predicted octanol–water partition coefficient (Wildman–Crippen LogP) is 1.04. The molecule has 6 nitrogen and oxygen atoms in total. The molecule has 6 heteroatoms. The molecular formula is C14H20N2O4. The first-order valence-electron chi connectivity index (χ1n) is 6.33. The van der Waals surface area contributed by atoms with Gasteiger partial charge in [0, 0.05) is 12.1 Å². The third-order valence-electron chi connectivity index (χ3n) is 2.62. The minimum atomic E-state index is -0.689. The van der Waals surface area contributed by atoms with Crippen molar-refractivity contribution in [2.75, 3.05) is 7.11 Å². The van der Waals surface area contributed by atoms with Gasteiger partial charge in [-0.05, 0) is 32.9 Å². The summed E-state index contributed by atoms with van der Waals surface area (Å²) in [5.74, 6) is -0.541. The third kappa shape index (κ3) is 4.15. The average Bonchev–Trinajstić information content (AvgIpc) is 2.37. The fourth-order valence-electron chi connectivity index (χ4n) is 1.58. The van der Waals surface area contributed by atoms with Crippen LogP contribution in [0.2, 0.25) is 0 Å². The molecule has 0 aliphatic rings. The standard InChI is InChI=1S/C14H20N2O4/c1-8(2)15-13(18)9(3)16-14(19)11-6-5-10(20-4)7-12(11)17/h5-9,17H,1-4H3,(H,15,18)(H,16,19). The second kappa shape index (κ2) is 6.79. The van der Waals surface area contributed by atoms with E-state index in [1.807, 2.05) is 13.8 Å². The van der Waals surface area contributed by atoms with Crippen molar-refractivity contribution in [3.8, 4) is 11.5 Å². The Kier molecular flexibility index (Phi) is 5.37. The van der Waals surface area contributed by atoms with Crippen LogP contribution in [0.15, 0.2) is 18.2 Å². The summed E-state index contributed by atoms with van der Waals surface area (Å²) in [5.41, 5.74) is 0.0926. The summed E-state index contributed by atoms with van der Waals surface area (Å²) in [4.78, 5) is 23.7. The quantitative estimate of drug-likeness (QED) is 0.752. The number of rotatable bonds is 5. The summed E-state index contributed by atoms with van der Waals surface area (Å²) in [6.07, 6.45) is 0. The molecule has 0 saturated carbocycles. The molecule has 1 aromatic carbocycles. The molecule has 1 unspecified atom stereocenters. The van der Waals surface area contributed by atoms with Crippen molar-refractivity contribution in [2.45, 2.75) is 32.9 Å². The molecule has 2 amide bonds. The largest absolute Gasteiger partial charge is 0.507 e. The zero-order chi connectivity index (χ0) is 15.3. The smallest absolute Gasteiger partial charge is 0.255 e. The van der Waals surface area contributed by atoms with Gasteiger partial charge in [0.1, 0.15) is 17.5 Å². The number of carbonyl (C=O) groups is 2. The molecule has 0 bridgehead atoms. The van der Waals surface area contributed by atoms with Gasteiger partial charge in [0.25, 0.3) is 5.91 Å². The number of aromatic hydroxyl groups is 1. The molecule has 1 atom stereocenters. The molecule has 1 rings (SSSR count). The van der Waals surface area contributed by atoms with Crippen LogP contribution in [0.5, 0.6) is 11.5 Å². The summed E-state index contributed by atoms with van der Waals surface area (Å²) in [6, 6.07) is 3.65. The molecule has 3 N–H and O–H groups in total. The molecule has 0 heterocycles. The molecule has 0 radical (unpaired) electrons. The second-order valence-corrected chi connectivity index (χ2v) is 4.74. The topological polar surface area (TPSA) is 87.7 Å². The summed E-state index contributed by atoms with van der Waals surface area (Å²) < 4.78 is 4.94. The molecule has 0 fully saturated rings. The van der Waals surface area contributed by atoms with Crippen LogP contribution in [-0.2, 0) is 4.79 Å². The zero-order valence-corrected chi connectivity index (χ0v) is 12.1. The number of ether oxygens (including phenoxy) is 1. The fraction of sp³-hybridized carbons (Fsp3) is 0.429. The van der Waals surface area contributed by atoms with Crippen LogP contribution in [0.3, 0.4) is 0 Å². The van der Waals surface area contributed by atoms with Gasteiger partial charge in [0.15, 0.2) is 0 Å². The number of phenols is 1. The van der Waals surface area contributed by atoms with Crippen LogP contribution >= 0.6 is 0 Å². The van der Waals surface area contributed by atoms with Gasteiger partial charge >= 0.3 is 0 Å². The van der Waals surface area contributed by atoms with Crippen LogP contribution in [0.1, 0.15) is 31.1 Å². The van der Waals surface area contributed by atoms with Crippen LogP contribution in [0, 0.1) is 0 Å². The van der Waals surface area contributed by atoms with Gasteiger partial charge in [-0.3, -0.25) is 9.59 Å². The summed E-state index contributed by atoms with van der Waals surface area (Å²) in [5, 5.41) is 15.0. The average molecular weight is 280 g/mol. The number of nitrogens with one attached hydrogen (secondary N) is 2. The molecule has 0 aromatic heterocycles. The first-order valence-corrected chi connectivity index (χ1v) is 6.33. The Morgan fingerprint density at radius 2 is 1.85 bits per heavy atom. The number of carbonyl (C=O) groups excluding carboxylic acids is 2. The minimum Gasteiger partial charge on any atom is -0.507 e. The highest BCUT2D eigenvalue weighted by Gasteiger charge is 2.19. The van der Waals surface area contributed by atoms with E-state index in [4.69, 9.17) is 4.74 Å². The van der Waals surface area contributed by atoms with Crippen LogP contribution in [-0.4, -0.2) is 36.1 Å². The van der Waals surface area contributed by atoms with E-state index < -0.39 is 11.9 Å². The van der Waals surface area contributed by atoms with E-state index in [9.17, 15) is 14.7 Å². The lowest BCUT2D eigenvalue weighted by atomic mass is 10.1. The Morgan fingerprint density at radius 3 is 2.35 bits per heavy atom. The fourth-order valence-corrected chi connectivity index (χ4v) is 1.58. The lowest BCUT2D eigenvalue weighted by Gasteiger charge is -2.16. The summed E-state index contributed by atoms with van der Waals surface area (Å²) in [7, 11) is 1.47. The van der Waals surface area contributed by atoms with Crippen molar-refractivity contribution in [1.82, 2.24) is 10.6 Å². The third-order valence-corrected chi connectivity index (χ3v) is 2.62. The summed E-state index contributed by atoms with van der Waals surface area (Å²) >= 11 is 0. The number of hydrogen-bond donors (Lipinski definition) is 3. The number of hydrogen-bond acceptors (Lipinski definition) is 4. The molecule has 1 aromatic rings. The Labute approximate surface area is 118 Å². The van der Waals surface area contributed by atoms with E-state index in [1.165, 1.54) is 19.2 Å². The van der Waals surface area contributed by atoms with E-state index in [-0.39, 0.29) is 23.3 Å². The Bertz CT molecular complexity index is 500. The Morgan fingerprint density at radius 1 is 1.20 bits per heavy atom. The number of phenolic OH excluding ortho intramolecular Hbond substituents is 1. The summed E-state index contributed by atoms with van der Waals surface area (Å²) in [6.45, 7) is 5.25. The number of methoxy groups -OCH3 is 1. The first kappa shape index (κ1) is 15.8. The Balaban J connectivity index is 2.74. The molecule has 110 valence electrons. The number of amides is 2. The van der Waals surface area contributed by atoms with Crippen molar-refractivity contribution < 1.29 is 19.4 Å². The molecule has 0 aliphatic heterocycles. The zero-order valence-electron chi connectivity index (χ0n) is 12.1. The van der Waals surface area contributed by atoms with Crippen LogP contribution in [0.4, 0.5) is 0 Å². The minimum absolute atomic E-state index is 0.00348. The lowest BCUT2D eigenvalue weighted by molar-refractivity contribution is -0.123. The normalized spacial score (nSPS) is 11.8. The van der Waals surface area contributed by atoms with Crippen LogP contribution in [0.25, 0.3) is 0 Å². The van der Waals surface area contributed by atoms with Crippen LogP contribution < -0.4 is 15.4 Å². The predicted molar refractivity (Wildman–Crippen MR) is 74.9 cm³/mol. The van der Waals surface area contributed by atoms with Crippen molar-refractivity contribution >= 4 is 11.8 Å². The Hall–Kier alpha value is -2.24. The van der Waals surface area contributed by atoms with Crippen molar-refractivity contribution in [3.63, 3.8) is 0 Å². The highest BCUT2D eigenvalue weighted by molar-refractivity contribution is 5.99. The maximum Gasteiger partial charge on any atom is 0.255 e. The first-order chi connectivity index (χ1) is 9.35. The van der Waals surface area contributed by atoms with E-state index in [1.54, 1.807) is 13.0 Å². The number of benzene rings is 1. The molecular weight excluding hydrogens is 260 g/mol. The lowest BCUT2D eigenvalue weighted by Crippen LogP contribution is -2.46. The van der Waals surface area contributed by atoms with Crippen molar-refractivity contribution in [1.29, 1.82) is 0 Å². The molecule has 0 aliphatic carbocycles. The van der Waals surface area contributed by atoms with E-state index in [0.29, 0.717) is 5.75 Å². The molecule has 0 saturated heterocycles. The van der Waals surface area contributed by atoms with Crippen molar-refractivity contribution in [2.24, 2.45) is 0 Å². The van der Waals surface area contributed by atoms with Crippen molar-refractivity contribution in [3.05, 3.63) is 23.8 Å². The van der Waals surface area contributed by atoms with E-state index in [0.717, 1.165) is 0 Å². The maximum atomic E-state index is 12.0. The van der Waals surface area contributed by atoms with Gasteiger partial charge in [0.2, 0.25) is 5.91 Å². The highest BCUT2D eigenvalue weighted by Crippen LogP contribution is 2.23. The van der Waals surface area contributed by atoms with E-state index in [2.05, 4.69) is 10.6 Å². The van der Waals surface area contributed by atoms with Gasteiger partial charge in [-0.1, -0.05) is 0 Å². The van der Waals surface area contributed by atoms with Gasteiger partial charge in [-0.25, -0.2) is 0 Å². The SMILES string of the molecule is COc1ccc(C(=O)NC(C)C(=O)NC(C)C)c(O)c1. The monoisotopic (exact) mass is 280 g/mol. The van der Waals surface area contributed by atoms with Gasteiger partial charge in [-0.15, -0.1) is 0 Å². The highest BCUT2D eigenvalue weighted by atomic mass is 16.5. The van der Waals surface area contributed by atoms with Gasteiger partial charge in [0.05, 0.1) is 12.7 Å². The molecule has 0 spiro atoms. The second-order valence-electron chi connectivity index (χ2n) is 4.74.